The minimum absolute atomic E-state index is 0.0000442. The van der Waals surface area contributed by atoms with E-state index in [2.05, 4.69) is 4.98 Å². The molecule has 1 aliphatic heterocycles. The van der Waals surface area contributed by atoms with Crippen LogP contribution >= 0.6 is 0 Å². The van der Waals surface area contributed by atoms with Crippen molar-refractivity contribution in [1.82, 2.24) is 9.88 Å². The van der Waals surface area contributed by atoms with Crippen LogP contribution in [0.2, 0.25) is 0 Å². The van der Waals surface area contributed by atoms with Crippen molar-refractivity contribution in [3.63, 3.8) is 0 Å². The van der Waals surface area contributed by atoms with Gasteiger partial charge in [0.2, 0.25) is 0 Å². The third-order valence-corrected chi connectivity index (χ3v) is 4.53. The molecule has 9 heteroatoms. The minimum Gasteiger partial charge on any atom is -0.467 e. The molecule has 1 atom stereocenters. The predicted molar refractivity (Wildman–Crippen MR) is 94.6 cm³/mol. The molecule has 1 aliphatic rings. The second-order valence-corrected chi connectivity index (χ2v) is 7.69. The van der Waals surface area contributed by atoms with Gasteiger partial charge >= 0.3 is 18.2 Å². The summed E-state index contributed by atoms with van der Waals surface area (Å²) in [6.45, 7) is 5.11. The summed E-state index contributed by atoms with van der Waals surface area (Å²) in [7, 11) is 1.22. The molecule has 6 nitrogen and oxygen atoms in total. The highest BCUT2D eigenvalue weighted by Crippen LogP contribution is 2.35. The summed E-state index contributed by atoms with van der Waals surface area (Å²) in [5.74, 6) is -0.613. The van der Waals surface area contributed by atoms with Crippen LogP contribution in [0.25, 0.3) is 10.9 Å². The first-order chi connectivity index (χ1) is 12.9. The highest BCUT2D eigenvalue weighted by atomic mass is 19.4. The summed E-state index contributed by atoms with van der Waals surface area (Å²) in [4.78, 5) is 29.0. The van der Waals surface area contributed by atoms with Gasteiger partial charge in [0.05, 0.1) is 19.2 Å². The van der Waals surface area contributed by atoms with Crippen molar-refractivity contribution in [1.29, 1.82) is 0 Å². The van der Waals surface area contributed by atoms with Gasteiger partial charge in [-0.1, -0.05) is 6.07 Å². The Hall–Kier alpha value is -2.71. The molecule has 3 rings (SSSR count). The number of aromatic amines is 1. The van der Waals surface area contributed by atoms with Gasteiger partial charge < -0.3 is 14.5 Å². The van der Waals surface area contributed by atoms with Crippen LogP contribution in [0.1, 0.15) is 37.6 Å². The van der Waals surface area contributed by atoms with Crippen molar-refractivity contribution >= 4 is 23.0 Å². The third kappa shape index (κ3) is 3.79. The number of carbonyl (C=O) groups excluding carboxylic acids is 2. The predicted octanol–water partition coefficient (Wildman–Crippen LogP) is 4.02. The number of methoxy groups -OCH3 is 1. The maximum atomic E-state index is 13.0. The number of fused-ring (bicyclic) bond motifs is 3. The van der Waals surface area contributed by atoms with Crippen molar-refractivity contribution < 1.29 is 32.2 Å². The first kappa shape index (κ1) is 20.0. The molecule has 0 bridgehead atoms. The van der Waals surface area contributed by atoms with E-state index in [9.17, 15) is 22.8 Å². The number of rotatable bonds is 1. The van der Waals surface area contributed by atoms with Crippen LogP contribution in [0, 0.1) is 0 Å². The van der Waals surface area contributed by atoms with E-state index in [1.165, 1.54) is 18.1 Å². The van der Waals surface area contributed by atoms with E-state index in [0.717, 1.165) is 12.1 Å². The number of ether oxygens (including phenoxy) is 2. The van der Waals surface area contributed by atoms with E-state index in [1.807, 2.05) is 0 Å². The molecule has 0 spiro atoms. The van der Waals surface area contributed by atoms with Crippen LogP contribution < -0.4 is 0 Å². The van der Waals surface area contributed by atoms with Gasteiger partial charge in [0.15, 0.2) is 0 Å². The number of alkyl halides is 3. The van der Waals surface area contributed by atoms with Crippen molar-refractivity contribution in [2.24, 2.45) is 0 Å². The van der Waals surface area contributed by atoms with Gasteiger partial charge in [0.25, 0.3) is 0 Å². The number of benzene rings is 1. The number of nitrogens with zero attached hydrogens (tertiary/aromatic N) is 1. The fourth-order valence-corrected chi connectivity index (χ4v) is 3.30. The smallest absolute Gasteiger partial charge is 0.416 e. The molecule has 28 heavy (non-hydrogen) atoms. The van der Waals surface area contributed by atoms with Crippen molar-refractivity contribution in [2.45, 2.75) is 51.6 Å². The molecule has 0 saturated carbocycles. The van der Waals surface area contributed by atoms with Crippen LogP contribution in [0.5, 0.6) is 0 Å². The summed E-state index contributed by atoms with van der Waals surface area (Å²) in [6.07, 6.45) is -5.04. The summed E-state index contributed by atoms with van der Waals surface area (Å²) < 4.78 is 49.2. The first-order valence-corrected chi connectivity index (χ1v) is 8.69. The fraction of sp³-hybridized carbons (Fsp3) is 0.474. The molecule has 0 saturated heterocycles. The van der Waals surface area contributed by atoms with Crippen LogP contribution in [-0.2, 0) is 33.4 Å². The molecule has 0 radical (unpaired) electrons. The van der Waals surface area contributed by atoms with Gasteiger partial charge in [-0.2, -0.15) is 13.2 Å². The van der Waals surface area contributed by atoms with Crippen LogP contribution in [0.4, 0.5) is 18.0 Å². The number of halogens is 3. The molecule has 1 amide bonds. The monoisotopic (exact) mass is 398 g/mol. The standard InChI is InChI=1S/C19H21F3N2O4/c1-18(2,3)28-17(26)24-9-14-12(8-15(24)16(25)27-4)11-6-5-10(19(20,21)22)7-13(11)23-14/h5-7,15,23H,8-9H2,1-4H3/t15-/m0/s1. The minimum atomic E-state index is -4.46. The lowest BCUT2D eigenvalue weighted by Crippen LogP contribution is -2.50. The van der Waals surface area contributed by atoms with Gasteiger partial charge in [-0.3, -0.25) is 4.90 Å². The zero-order chi connectivity index (χ0) is 20.9. The maximum absolute atomic E-state index is 13.0. The van der Waals surface area contributed by atoms with Gasteiger partial charge in [0.1, 0.15) is 11.6 Å². The largest absolute Gasteiger partial charge is 0.467 e. The molecule has 1 N–H and O–H groups in total. The molecular weight excluding hydrogens is 377 g/mol. The van der Waals surface area contributed by atoms with Gasteiger partial charge in [-0.15, -0.1) is 0 Å². The number of amides is 1. The fourth-order valence-electron chi connectivity index (χ4n) is 3.30. The molecular formula is C19H21F3N2O4. The Morgan fingerprint density at radius 1 is 1.21 bits per heavy atom. The molecule has 2 aromatic rings. The Morgan fingerprint density at radius 3 is 2.46 bits per heavy atom. The van der Waals surface area contributed by atoms with E-state index in [4.69, 9.17) is 9.47 Å². The van der Waals surface area contributed by atoms with E-state index < -0.39 is 35.4 Å². The molecule has 0 aliphatic carbocycles. The molecule has 0 unspecified atom stereocenters. The molecule has 1 aromatic heterocycles. The average molecular weight is 398 g/mol. The summed E-state index contributed by atoms with van der Waals surface area (Å²) >= 11 is 0. The second kappa shape index (κ2) is 6.72. The van der Waals surface area contributed by atoms with Crippen LogP contribution in [-0.4, -0.2) is 40.7 Å². The zero-order valence-electron chi connectivity index (χ0n) is 15.9. The Labute approximate surface area is 159 Å². The SMILES string of the molecule is COC(=O)[C@@H]1Cc2c([nH]c3cc(C(F)(F)F)ccc23)CN1C(=O)OC(C)(C)C. The van der Waals surface area contributed by atoms with E-state index in [0.29, 0.717) is 22.2 Å². The van der Waals surface area contributed by atoms with Gasteiger partial charge in [-0.05, 0) is 38.5 Å². The van der Waals surface area contributed by atoms with Gasteiger partial charge in [0, 0.05) is 23.0 Å². The highest BCUT2D eigenvalue weighted by molar-refractivity contribution is 5.89. The third-order valence-electron chi connectivity index (χ3n) is 4.53. The number of hydrogen-bond donors (Lipinski definition) is 1. The van der Waals surface area contributed by atoms with Crippen molar-refractivity contribution in [3.05, 3.63) is 35.0 Å². The number of esters is 1. The van der Waals surface area contributed by atoms with E-state index in [-0.39, 0.29) is 13.0 Å². The van der Waals surface area contributed by atoms with Crippen LogP contribution in [0.15, 0.2) is 18.2 Å². The second-order valence-electron chi connectivity index (χ2n) is 7.69. The number of nitrogens with one attached hydrogen (secondary N) is 1. The van der Waals surface area contributed by atoms with Crippen LogP contribution in [0.3, 0.4) is 0 Å². The Bertz CT molecular complexity index is 928. The number of H-pyrrole nitrogens is 1. The average Bonchev–Trinajstić information content (AvgIpc) is 2.94. The number of aromatic nitrogens is 1. The highest BCUT2D eigenvalue weighted by Gasteiger charge is 2.39. The maximum Gasteiger partial charge on any atom is 0.416 e. The van der Waals surface area contributed by atoms with Gasteiger partial charge in [-0.25, -0.2) is 9.59 Å². The lowest BCUT2D eigenvalue weighted by atomic mass is 9.96. The summed E-state index contributed by atoms with van der Waals surface area (Å²) in [5.41, 5.74) is 0.0287. The quantitative estimate of drug-likeness (QED) is 0.737. The Morgan fingerprint density at radius 2 is 1.89 bits per heavy atom. The Balaban J connectivity index is 2.02. The molecule has 2 heterocycles. The zero-order valence-corrected chi connectivity index (χ0v) is 15.9. The summed E-state index contributed by atoms with van der Waals surface area (Å²) in [6, 6.07) is 2.49. The lowest BCUT2D eigenvalue weighted by molar-refractivity contribution is -0.147. The normalized spacial score (nSPS) is 17.4. The molecule has 0 fully saturated rings. The number of carbonyl (C=O) groups is 2. The molecule has 152 valence electrons. The number of hydrogen-bond acceptors (Lipinski definition) is 4. The van der Waals surface area contributed by atoms with E-state index in [1.54, 1.807) is 20.8 Å². The molecule has 1 aromatic carbocycles. The topological polar surface area (TPSA) is 71.6 Å². The Kier molecular flexibility index (Phi) is 4.81. The lowest BCUT2D eigenvalue weighted by Gasteiger charge is -2.35. The van der Waals surface area contributed by atoms with E-state index >= 15 is 0 Å². The van der Waals surface area contributed by atoms with Crippen molar-refractivity contribution in [2.75, 3.05) is 7.11 Å². The van der Waals surface area contributed by atoms with Crippen molar-refractivity contribution in [3.8, 4) is 0 Å². The first-order valence-electron chi connectivity index (χ1n) is 8.69. The summed E-state index contributed by atoms with van der Waals surface area (Å²) in [5, 5.41) is 0.584.